The molecule has 7 heteroatoms. The summed E-state index contributed by atoms with van der Waals surface area (Å²) in [6.45, 7) is 4.26. The van der Waals surface area contributed by atoms with E-state index < -0.39 is 0 Å². The molecule has 1 aromatic rings. The van der Waals surface area contributed by atoms with Crippen molar-refractivity contribution in [3.8, 4) is 0 Å². The van der Waals surface area contributed by atoms with Gasteiger partial charge in [0, 0.05) is 30.1 Å². The summed E-state index contributed by atoms with van der Waals surface area (Å²) in [6.07, 6.45) is 23.2. The van der Waals surface area contributed by atoms with Gasteiger partial charge in [-0.3, -0.25) is 9.59 Å². The number of rotatable bonds is 3. The molecule has 3 aliphatic carbocycles. The summed E-state index contributed by atoms with van der Waals surface area (Å²) >= 11 is 2.16. The Morgan fingerprint density at radius 2 is 1.58 bits per heavy atom. The van der Waals surface area contributed by atoms with Crippen molar-refractivity contribution in [2.24, 2.45) is 5.92 Å². The molecule has 5 fully saturated rings. The molecule has 3 saturated carbocycles. The molecule has 0 bridgehead atoms. The predicted octanol–water partition coefficient (Wildman–Crippen LogP) is 8.47. The highest BCUT2D eigenvalue weighted by Crippen LogP contribution is 2.53. The Labute approximate surface area is 276 Å². The molecule has 6 aliphatic rings. The number of nitrogens with one attached hydrogen (secondary N) is 1. The van der Waals surface area contributed by atoms with E-state index in [9.17, 15) is 9.59 Å². The lowest BCUT2D eigenvalue weighted by molar-refractivity contribution is -0.136. The van der Waals surface area contributed by atoms with Gasteiger partial charge >= 0.3 is 0 Å². The van der Waals surface area contributed by atoms with Gasteiger partial charge in [0.15, 0.2) is 0 Å². The molecule has 4 unspecified atom stereocenters. The number of hydrogen-bond donors (Lipinski definition) is 1. The number of ether oxygens (including phenoxy) is 1. The summed E-state index contributed by atoms with van der Waals surface area (Å²) in [5.74, 6) is 2.45. The zero-order valence-electron chi connectivity index (χ0n) is 28.0. The van der Waals surface area contributed by atoms with E-state index in [0.717, 1.165) is 48.9 Å². The van der Waals surface area contributed by atoms with Gasteiger partial charge < -0.3 is 19.9 Å². The van der Waals surface area contributed by atoms with Gasteiger partial charge in [0.25, 0.3) is 5.91 Å². The second kappa shape index (κ2) is 13.5. The van der Waals surface area contributed by atoms with E-state index in [4.69, 9.17) is 4.74 Å². The highest BCUT2D eigenvalue weighted by atomic mass is 32.2. The van der Waals surface area contributed by atoms with Crippen molar-refractivity contribution in [1.29, 1.82) is 0 Å². The molecule has 7 rings (SSSR count). The third-order valence-corrected chi connectivity index (χ3v) is 14.1. The minimum atomic E-state index is -0.380. The lowest BCUT2D eigenvalue weighted by Gasteiger charge is -2.48. The van der Waals surface area contributed by atoms with Crippen molar-refractivity contribution in [2.75, 3.05) is 22.2 Å². The predicted molar refractivity (Wildman–Crippen MR) is 185 cm³/mol. The summed E-state index contributed by atoms with van der Waals surface area (Å²) in [5.41, 5.74) is 3.25. The number of fused-ring (bicyclic) bond motifs is 2. The maximum absolute atomic E-state index is 14.4. The first-order valence-corrected chi connectivity index (χ1v) is 19.7. The molecule has 0 aromatic heterocycles. The molecule has 3 heterocycles. The third-order valence-electron chi connectivity index (χ3n) is 12.8. The van der Waals surface area contributed by atoms with Crippen molar-refractivity contribution in [2.45, 2.75) is 170 Å². The molecule has 5 atom stereocenters. The number of hydrogen-bond acceptors (Lipinski definition) is 5. The van der Waals surface area contributed by atoms with Crippen molar-refractivity contribution in [3.05, 3.63) is 23.8 Å². The SMILES string of the molecule is CC(=O)N1c2ccc(C3CCC4SCNC4(C4CCCCCCC4)C3)cc2N(C(=O)C2CCC3(CCCCCCC3)O2)C[C@@H]1C. The molecule has 248 valence electrons. The van der Waals surface area contributed by atoms with Gasteiger partial charge in [-0.15, -0.1) is 11.8 Å². The minimum absolute atomic E-state index is 0.0464. The first kappa shape index (κ1) is 32.0. The van der Waals surface area contributed by atoms with Gasteiger partial charge in [0.05, 0.1) is 23.0 Å². The van der Waals surface area contributed by atoms with Crippen LogP contribution in [0.1, 0.15) is 147 Å². The zero-order valence-corrected chi connectivity index (χ0v) is 28.8. The van der Waals surface area contributed by atoms with E-state index in [0.29, 0.717) is 17.7 Å². The topological polar surface area (TPSA) is 61.9 Å². The van der Waals surface area contributed by atoms with Crippen molar-refractivity contribution < 1.29 is 14.3 Å². The molecule has 1 aromatic carbocycles. The zero-order chi connectivity index (χ0) is 31.0. The Balaban J connectivity index is 1.17. The van der Waals surface area contributed by atoms with E-state index in [1.165, 1.54) is 102 Å². The van der Waals surface area contributed by atoms with Crippen LogP contribution in [0.3, 0.4) is 0 Å². The smallest absolute Gasteiger partial charge is 0.256 e. The summed E-state index contributed by atoms with van der Waals surface area (Å²) in [7, 11) is 0. The van der Waals surface area contributed by atoms with E-state index >= 15 is 0 Å². The summed E-state index contributed by atoms with van der Waals surface area (Å²) in [5, 5.41) is 4.82. The normalized spacial score (nSPS) is 34.4. The standard InChI is InChI=1S/C38H57N3O3S/c1-27-25-40(36(43)34-19-22-37(44-34)20-11-7-4-8-12-21-37)33-23-29(15-17-32(33)41(27)28(2)42)30-16-18-35-38(24-30,39-26-45-35)31-13-9-5-3-6-10-14-31/h15,17,23,27,30-31,34-35,39H,3-14,16,18-22,24-26H2,1-2H3/t27-,30?,34?,35?,38?/m0/s1. The molecule has 0 radical (unpaired) electrons. The fourth-order valence-corrected chi connectivity index (χ4v) is 12.0. The Hall–Kier alpha value is -1.57. The Morgan fingerprint density at radius 1 is 0.867 bits per heavy atom. The van der Waals surface area contributed by atoms with Crippen molar-refractivity contribution in [3.63, 3.8) is 0 Å². The minimum Gasteiger partial charge on any atom is -0.362 e. The van der Waals surface area contributed by atoms with Gasteiger partial charge in [0.2, 0.25) is 5.91 Å². The van der Waals surface area contributed by atoms with E-state index in [-0.39, 0.29) is 35.1 Å². The monoisotopic (exact) mass is 635 g/mol. The van der Waals surface area contributed by atoms with Gasteiger partial charge in [-0.1, -0.05) is 70.3 Å². The van der Waals surface area contributed by atoms with Gasteiger partial charge in [-0.2, -0.15) is 0 Å². The first-order chi connectivity index (χ1) is 21.9. The molecule has 1 N–H and O–H groups in total. The van der Waals surface area contributed by atoms with Crippen LogP contribution >= 0.6 is 11.8 Å². The molecular weight excluding hydrogens is 579 g/mol. The second-order valence-electron chi connectivity index (χ2n) is 15.6. The molecule has 2 saturated heterocycles. The molecule has 1 spiro atoms. The first-order valence-electron chi connectivity index (χ1n) is 18.7. The summed E-state index contributed by atoms with van der Waals surface area (Å²) in [6, 6.07) is 6.66. The number of benzene rings is 1. The van der Waals surface area contributed by atoms with Crippen LogP contribution in [0.4, 0.5) is 11.4 Å². The van der Waals surface area contributed by atoms with Crippen LogP contribution in [-0.4, -0.2) is 52.8 Å². The number of anilines is 2. The maximum Gasteiger partial charge on any atom is 0.256 e. The van der Waals surface area contributed by atoms with Crippen LogP contribution in [0.25, 0.3) is 0 Å². The average molecular weight is 636 g/mol. The Bertz CT molecular complexity index is 1220. The molecular formula is C38H57N3O3S. The van der Waals surface area contributed by atoms with E-state index in [2.05, 4.69) is 42.2 Å². The molecule has 3 aliphatic heterocycles. The van der Waals surface area contributed by atoms with E-state index in [1.807, 2.05) is 9.80 Å². The quantitative estimate of drug-likeness (QED) is 0.361. The summed E-state index contributed by atoms with van der Waals surface area (Å²) < 4.78 is 6.78. The maximum atomic E-state index is 14.4. The van der Waals surface area contributed by atoms with Crippen LogP contribution in [0, 0.1) is 5.92 Å². The highest BCUT2D eigenvalue weighted by molar-refractivity contribution is 8.00. The number of nitrogens with zero attached hydrogens (tertiary/aromatic N) is 2. The summed E-state index contributed by atoms with van der Waals surface area (Å²) in [4.78, 5) is 31.3. The lowest BCUT2D eigenvalue weighted by atomic mass is 9.64. The highest BCUT2D eigenvalue weighted by Gasteiger charge is 2.52. The third kappa shape index (κ3) is 6.24. The molecule has 2 amide bonds. The van der Waals surface area contributed by atoms with Gasteiger partial charge in [-0.05, 0) is 94.2 Å². The molecule has 6 nitrogen and oxygen atoms in total. The Kier molecular flexibility index (Phi) is 9.61. The number of thioether (sulfide) groups is 1. The van der Waals surface area contributed by atoms with Crippen LogP contribution in [0.2, 0.25) is 0 Å². The van der Waals surface area contributed by atoms with Crippen LogP contribution in [0.5, 0.6) is 0 Å². The van der Waals surface area contributed by atoms with Gasteiger partial charge in [0.1, 0.15) is 6.10 Å². The number of carbonyl (C=O) groups excluding carboxylic acids is 2. The fourth-order valence-electron chi connectivity index (χ4n) is 10.4. The van der Waals surface area contributed by atoms with Crippen LogP contribution in [0.15, 0.2) is 18.2 Å². The Morgan fingerprint density at radius 3 is 2.31 bits per heavy atom. The largest absolute Gasteiger partial charge is 0.362 e. The lowest BCUT2D eigenvalue weighted by Crippen LogP contribution is -2.56. The van der Waals surface area contributed by atoms with Crippen LogP contribution in [-0.2, 0) is 14.3 Å². The average Bonchev–Trinajstić information content (AvgIpc) is 3.63. The van der Waals surface area contributed by atoms with Crippen LogP contribution < -0.4 is 15.1 Å². The fraction of sp³-hybridized carbons (Fsp3) is 0.789. The second-order valence-corrected chi connectivity index (χ2v) is 16.8. The number of amides is 2. The molecule has 45 heavy (non-hydrogen) atoms. The van der Waals surface area contributed by atoms with E-state index in [1.54, 1.807) is 6.92 Å². The van der Waals surface area contributed by atoms with Crippen molar-refractivity contribution in [1.82, 2.24) is 5.32 Å². The van der Waals surface area contributed by atoms with Gasteiger partial charge in [-0.25, -0.2) is 0 Å². The number of carbonyl (C=O) groups is 2. The van der Waals surface area contributed by atoms with Crippen molar-refractivity contribution >= 4 is 35.0 Å².